The summed E-state index contributed by atoms with van der Waals surface area (Å²) >= 11 is 3.37. The maximum absolute atomic E-state index is 12.3. The van der Waals surface area contributed by atoms with Gasteiger partial charge < -0.3 is 15.0 Å². The molecule has 5 heteroatoms. The molecule has 1 unspecified atom stereocenters. The highest BCUT2D eigenvalue weighted by Crippen LogP contribution is 2.23. The molecule has 1 atom stereocenters. The van der Waals surface area contributed by atoms with Crippen LogP contribution in [0.5, 0.6) is 0 Å². The van der Waals surface area contributed by atoms with Crippen molar-refractivity contribution in [3.63, 3.8) is 0 Å². The van der Waals surface area contributed by atoms with Gasteiger partial charge in [-0.25, -0.2) is 0 Å². The molecule has 2 N–H and O–H groups in total. The Morgan fingerprint density at radius 1 is 1.45 bits per heavy atom. The van der Waals surface area contributed by atoms with Crippen molar-refractivity contribution in [2.75, 3.05) is 5.32 Å². The second-order valence-corrected chi connectivity index (χ2v) is 5.46. The third-order valence-corrected chi connectivity index (χ3v) is 3.53. The number of benzene rings is 1. The van der Waals surface area contributed by atoms with Gasteiger partial charge in [0.25, 0.3) is 5.91 Å². The SMILES string of the molecule is CCn1cc(Br)cc1C(=O)Nc1ccccc1C(C)O. The quantitative estimate of drug-likeness (QED) is 0.896. The van der Waals surface area contributed by atoms with Crippen LogP contribution in [0.4, 0.5) is 5.69 Å². The summed E-state index contributed by atoms with van der Waals surface area (Å²) in [5.41, 5.74) is 1.92. The van der Waals surface area contributed by atoms with Crippen molar-refractivity contribution in [1.82, 2.24) is 4.57 Å². The lowest BCUT2D eigenvalue weighted by Gasteiger charge is -2.13. The lowest BCUT2D eigenvalue weighted by atomic mass is 10.1. The first-order chi connectivity index (χ1) is 9.52. The largest absolute Gasteiger partial charge is 0.389 e. The number of para-hydroxylation sites is 1. The lowest BCUT2D eigenvalue weighted by molar-refractivity contribution is 0.101. The molecule has 106 valence electrons. The van der Waals surface area contributed by atoms with Gasteiger partial charge >= 0.3 is 0 Å². The number of aryl methyl sites for hydroxylation is 1. The van der Waals surface area contributed by atoms with Crippen LogP contribution in [-0.4, -0.2) is 15.6 Å². The molecule has 0 spiro atoms. The topological polar surface area (TPSA) is 54.3 Å². The zero-order chi connectivity index (χ0) is 14.7. The number of rotatable bonds is 4. The number of aliphatic hydroxyl groups excluding tert-OH is 1. The minimum atomic E-state index is -0.629. The van der Waals surface area contributed by atoms with Crippen LogP contribution in [0, 0.1) is 0 Å². The van der Waals surface area contributed by atoms with Gasteiger partial charge in [0.1, 0.15) is 5.69 Å². The number of carbonyl (C=O) groups is 1. The molecule has 1 aromatic heterocycles. The number of aromatic nitrogens is 1. The van der Waals surface area contributed by atoms with Crippen LogP contribution in [0.25, 0.3) is 0 Å². The normalized spacial score (nSPS) is 12.2. The van der Waals surface area contributed by atoms with Crippen molar-refractivity contribution in [3.8, 4) is 0 Å². The minimum absolute atomic E-state index is 0.189. The second kappa shape index (κ2) is 6.24. The molecule has 0 aliphatic rings. The van der Waals surface area contributed by atoms with Crippen LogP contribution < -0.4 is 5.32 Å². The van der Waals surface area contributed by atoms with Gasteiger partial charge in [-0.1, -0.05) is 18.2 Å². The van der Waals surface area contributed by atoms with Gasteiger partial charge in [-0.2, -0.15) is 0 Å². The Kier molecular flexibility index (Phi) is 4.62. The Labute approximate surface area is 126 Å². The molecule has 0 saturated carbocycles. The summed E-state index contributed by atoms with van der Waals surface area (Å²) in [7, 11) is 0. The first-order valence-corrected chi connectivity index (χ1v) is 7.26. The van der Waals surface area contributed by atoms with Crippen LogP contribution in [-0.2, 0) is 6.54 Å². The number of nitrogens with one attached hydrogen (secondary N) is 1. The summed E-state index contributed by atoms with van der Waals surface area (Å²) in [6, 6.07) is 9.03. The number of aliphatic hydroxyl groups is 1. The number of halogens is 1. The van der Waals surface area contributed by atoms with E-state index in [1.54, 1.807) is 25.1 Å². The molecular formula is C15H17BrN2O2. The summed E-state index contributed by atoms with van der Waals surface area (Å²) < 4.78 is 2.73. The fourth-order valence-corrected chi connectivity index (χ4v) is 2.55. The number of nitrogens with zero attached hydrogens (tertiary/aromatic N) is 1. The molecule has 2 aromatic rings. The van der Waals surface area contributed by atoms with E-state index in [2.05, 4.69) is 21.2 Å². The molecule has 0 aliphatic carbocycles. The predicted molar refractivity (Wildman–Crippen MR) is 82.8 cm³/mol. The van der Waals surface area contributed by atoms with E-state index in [9.17, 15) is 9.90 Å². The van der Waals surface area contributed by atoms with Crippen molar-refractivity contribution < 1.29 is 9.90 Å². The first kappa shape index (κ1) is 14.8. The van der Waals surface area contributed by atoms with E-state index in [4.69, 9.17) is 0 Å². The average molecular weight is 337 g/mol. The molecule has 1 aromatic carbocycles. The standard InChI is InChI=1S/C15H17BrN2O2/c1-3-18-9-11(16)8-14(18)15(20)17-13-7-5-4-6-12(13)10(2)19/h4-10,19H,3H2,1-2H3,(H,17,20). The van der Waals surface area contributed by atoms with Gasteiger partial charge in [-0.05, 0) is 41.9 Å². The van der Waals surface area contributed by atoms with Crippen LogP contribution >= 0.6 is 15.9 Å². The molecule has 20 heavy (non-hydrogen) atoms. The number of hydrogen-bond acceptors (Lipinski definition) is 2. The molecule has 0 fully saturated rings. The highest BCUT2D eigenvalue weighted by molar-refractivity contribution is 9.10. The average Bonchev–Trinajstić information content (AvgIpc) is 2.80. The van der Waals surface area contributed by atoms with Crippen molar-refractivity contribution in [2.24, 2.45) is 0 Å². The van der Waals surface area contributed by atoms with Gasteiger partial charge in [0.2, 0.25) is 0 Å². The number of amides is 1. The molecule has 0 aliphatic heterocycles. The fraction of sp³-hybridized carbons (Fsp3) is 0.267. The van der Waals surface area contributed by atoms with Crippen LogP contribution in [0.3, 0.4) is 0 Å². The molecule has 0 radical (unpaired) electrons. The van der Waals surface area contributed by atoms with E-state index < -0.39 is 6.10 Å². The lowest BCUT2D eigenvalue weighted by Crippen LogP contribution is -2.17. The first-order valence-electron chi connectivity index (χ1n) is 6.47. The zero-order valence-electron chi connectivity index (χ0n) is 11.4. The number of carbonyl (C=O) groups excluding carboxylic acids is 1. The van der Waals surface area contributed by atoms with Crippen molar-refractivity contribution in [1.29, 1.82) is 0 Å². The van der Waals surface area contributed by atoms with Gasteiger partial charge in [-0.15, -0.1) is 0 Å². The van der Waals surface area contributed by atoms with E-state index in [1.807, 2.05) is 29.8 Å². The predicted octanol–water partition coefficient (Wildman–Crippen LogP) is 3.58. The highest BCUT2D eigenvalue weighted by atomic mass is 79.9. The van der Waals surface area contributed by atoms with Gasteiger partial charge in [0.15, 0.2) is 0 Å². The maximum Gasteiger partial charge on any atom is 0.272 e. The Balaban J connectivity index is 2.28. The third-order valence-electron chi connectivity index (χ3n) is 3.10. The molecule has 1 amide bonds. The maximum atomic E-state index is 12.3. The second-order valence-electron chi connectivity index (χ2n) is 4.55. The van der Waals surface area contributed by atoms with Gasteiger partial charge in [0.05, 0.1) is 6.10 Å². The molecule has 1 heterocycles. The van der Waals surface area contributed by atoms with E-state index in [0.29, 0.717) is 23.5 Å². The summed E-state index contributed by atoms with van der Waals surface area (Å²) in [4.78, 5) is 12.3. The smallest absolute Gasteiger partial charge is 0.272 e. The molecule has 0 saturated heterocycles. The van der Waals surface area contributed by atoms with Gasteiger partial charge in [-0.3, -0.25) is 4.79 Å². The van der Waals surface area contributed by atoms with E-state index in [1.165, 1.54) is 0 Å². The van der Waals surface area contributed by atoms with E-state index >= 15 is 0 Å². The van der Waals surface area contributed by atoms with E-state index in [-0.39, 0.29) is 5.91 Å². The summed E-state index contributed by atoms with van der Waals surface area (Å²) in [6.45, 7) is 4.37. The van der Waals surface area contributed by atoms with Crippen LogP contribution in [0.2, 0.25) is 0 Å². The Morgan fingerprint density at radius 3 is 2.80 bits per heavy atom. The van der Waals surface area contributed by atoms with Crippen molar-refractivity contribution >= 4 is 27.5 Å². The number of anilines is 1. The summed E-state index contributed by atoms with van der Waals surface area (Å²) in [6.07, 6.45) is 1.24. The van der Waals surface area contributed by atoms with Crippen LogP contribution in [0.1, 0.15) is 36.0 Å². The third kappa shape index (κ3) is 3.11. The molecule has 4 nitrogen and oxygen atoms in total. The number of hydrogen-bond donors (Lipinski definition) is 2. The van der Waals surface area contributed by atoms with Crippen molar-refractivity contribution in [2.45, 2.75) is 26.5 Å². The summed E-state index contributed by atoms with van der Waals surface area (Å²) in [5.74, 6) is -0.189. The van der Waals surface area contributed by atoms with Crippen molar-refractivity contribution in [3.05, 3.63) is 52.3 Å². The van der Waals surface area contributed by atoms with E-state index in [0.717, 1.165) is 4.47 Å². The fourth-order valence-electron chi connectivity index (χ4n) is 2.09. The molecular weight excluding hydrogens is 320 g/mol. The Hall–Kier alpha value is -1.59. The zero-order valence-corrected chi connectivity index (χ0v) is 13.0. The molecule has 0 bridgehead atoms. The Bertz CT molecular complexity index is 620. The highest BCUT2D eigenvalue weighted by Gasteiger charge is 2.15. The van der Waals surface area contributed by atoms with Gasteiger partial charge in [0, 0.05) is 28.5 Å². The Morgan fingerprint density at radius 2 is 2.15 bits per heavy atom. The minimum Gasteiger partial charge on any atom is -0.389 e. The van der Waals surface area contributed by atoms with Crippen LogP contribution in [0.15, 0.2) is 41.0 Å². The monoisotopic (exact) mass is 336 g/mol. The molecule has 2 rings (SSSR count). The summed E-state index contributed by atoms with van der Waals surface area (Å²) in [5, 5.41) is 12.6.